The van der Waals surface area contributed by atoms with E-state index in [4.69, 9.17) is 61.6 Å². The smallest absolute Gasteiger partial charge is 0.340 e. The molecule has 0 aliphatic carbocycles. The Morgan fingerprint density at radius 2 is 0.491 bits per heavy atom. The maximum Gasteiger partial charge on any atom is 0.340 e. The van der Waals surface area contributed by atoms with Gasteiger partial charge >= 0.3 is 47.0 Å². The number of benzene rings is 12. The number of hydrogen-bond acceptors (Lipinski definition) is 21. The highest BCUT2D eigenvalue weighted by molar-refractivity contribution is 5.94. The molecule has 1 fully saturated rings. The maximum absolute atomic E-state index is 15.4. The molecule has 0 radical (unpaired) electrons. The van der Waals surface area contributed by atoms with E-state index in [9.17, 15) is 20.4 Å². The number of hydrogen-bond donors (Lipinski definition) is 4. The predicted octanol–water partition coefficient (Wildman–Crippen LogP) is 14.4. The van der Waals surface area contributed by atoms with E-state index in [2.05, 4.69) is 0 Å². The van der Waals surface area contributed by atoms with Gasteiger partial charge in [-0.1, -0.05) is 243 Å². The fourth-order valence-electron chi connectivity index (χ4n) is 13.7. The molecule has 0 bridgehead atoms. The summed E-state index contributed by atoms with van der Waals surface area (Å²) in [6.45, 7) is -0.796. The van der Waals surface area contributed by atoms with Gasteiger partial charge in [0.05, 0.1) is 28.9 Å². The van der Waals surface area contributed by atoms with Gasteiger partial charge in [-0.15, -0.1) is 0 Å². The Labute approximate surface area is 603 Å². The van der Waals surface area contributed by atoms with Crippen LogP contribution in [0.5, 0.6) is 69.0 Å². The molecule has 106 heavy (non-hydrogen) atoms. The van der Waals surface area contributed by atoms with E-state index >= 15 is 19.2 Å². The summed E-state index contributed by atoms with van der Waals surface area (Å²) in [5.41, 5.74) is 2.76. The predicted molar refractivity (Wildman–Crippen MR) is 375 cm³/mol. The lowest BCUT2D eigenvalue weighted by molar-refractivity contribution is -0.250. The van der Waals surface area contributed by atoms with Crippen LogP contribution < -0.4 is 37.9 Å². The molecule has 17 rings (SSSR count). The van der Waals surface area contributed by atoms with Crippen molar-refractivity contribution in [1.82, 2.24) is 0 Å². The monoisotopic (exact) mass is 1410 g/mol. The first-order valence-corrected chi connectivity index (χ1v) is 33.6. The molecule has 0 spiro atoms. The molecule has 0 aromatic heterocycles. The van der Waals surface area contributed by atoms with Crippen LogP contribution >= 0.6 is 0 Å². The number of phenolic OH excluding ortho intramolecular Hbond substituents is 4. The SMILES string of the molecule is O=C(O[C@@H]1OC[C@@H](OC(=O)c2cc(O)c3c(c2)OC(c2ccccc2)(c2ccccc2)O3)[C@H](OC(=O)c2cc(O)c3c(c2)OC(c2ccccc2)(c2ccccc2)O3)[C@H]1OC(=O)c1cc(O)c2c(c1)OC(c1ccccc1)(c1ccccc1)O2)c1cc(O)c2c(c1)OC(c1ccccc1)(c1ccccc1)O2. The van der Waals surface area contributed by atoms with Gasteiger partial charge in [-0.3, -0.25) is 0 Å². The summed E-state index contributed by atoms with van der Waals surface area (Å²) in [5.74, 6) is -14.9. The number of phenols is 4. The zero-order valence-corrected chi connectivity index (χ0v) is 55.5. The van der Waals surface area contributed by atoms with E-state index in [1.165, 1.54) is 24.3 Å². The summed E-state index contributed by atoms with van der Waals surface area (Å²) in [5, 5.41) is 47.4. The van der Waals surface area contributed by atoms with E-state index in [1.54, 1.807) is 218 Å². The second-order valence-electron chi connectivity index (χ2n) is 25.3. The normalized spacial score (nSPS) is 18.2. The van der Waals surface area contributed by atoms with Crippen LogP contribution in [-0.4, -0.2) is 75.5 Å². The van der Waals surface area contributed by atoms with Crippen molar-refractivity contribution >= 4 is 23.9 Å². The first kappa shape index (κ1) is 65.4. The van der Waals surface area contributed by atoms with E-state index in [1.807, 2.05) is 24.3 Å². The van der Waals surface area contributed by atoms with E-state index in [0.29, 0.717) is 44.5 Å². The van der Waals surface area contributed by atoms with Gasteiger partial charge in [0.1, 0.15) is 0 Å². The highest BCUT2D eigenvalue weighted by Crippen LogP contribution is 2.57. The number of fused-ring (bicyclic) bond motifs is 4. The minimum atomic E-state index is -2.19. The average molecular weight is 1420 g/mol. The summed E-state index contributed by atoms with van der Waals surface area (Å²) in [7, 11) is 0. The molecule has 5 heterocycles. The van der Waals surface area contributed by atoms with Gasteiger partial charge in [0.25, 0.3) is 0 Å². The molecule has 0 amide bonds. The number of carbonyl (C=O) groups excluding carboxylic acids is 4. The van der Waals surface area contributed by atoms with Gasteiger partial charge < -0.3 is 82.0 Å². The molecule has 5 aliphatic rings. The second kappa shape index (κ2) is 26.2. The van der Waals surface area contributed by atoms with E-state index in [-0.39, 0.29) is 62.7 Å². The quantitative estimate of drug-likeness (QED) is 0.0517. The molecule has 12 aromatic carbocycles. The van der Waals surface area contributed by atoms with Gasteiger partial charge in [-0.25, -0.2) is 19.2 Å². The van der Waals surface area contributed by atoms with Gasteiger partial charge in [-0.05, 0) is 48.5 Å². The molecular formula is C85H58O21. The standard InChI is InChI=1S/C85H58O21/c86-62-41-50(45-66-71(62)103-82(99-66,54-25-9-1-10-26-54)55-27-11-2-12-28-55)77(90)95-70-49-94-81(98-80(93)53-44-65(89)74-69(48-53)102-85(106-74,60-37-21-7-22-38-60)61-39-23-8-24-40-61)76(97-79(92)52-43-64(88)73-68(47-52)101-84(105-73,58-33-17-5-18-34-58)59-35-19-6-20-36-59)75(70)96-78(91)51-42-63(87)72-67(46-51)100-83(104-72,56-29-13-3-14-30-56)57-31-15-4-16-32-57/h1-48,70,75-76,81,86-89H,49H2/t70-,75+,76-,81+/m1/s1. The molecule has 4 atom stereocenters. The van der Waals surface area contributed by atoms with Crippen molar-refractivity contribution in [2.45, 2.75) is 47.8 Å². The highest BCUT2D eigenvalue weighted by atomic mass is 16.8. The average Bonchev–Trinajstić information content (AvgIpc) is 1.58. The minimum Gasteiger partial charge on any atom is -0.504 e. The lowest BCUT2D eigenvalue weighted by Gasteiger charge is -2.40. The van der Waals surface area contributed by atoms with E-state index < -0.39 is 107 Å². The van der Waals surface area contributed by atoms with Crippen LogP contribution in [0.2, 0.25) is 0 Å². The fraction of sp³-hybridized carbons (Fsp3) is 0.106. The van der Waals surface area contributed by atoms with E-state index in [0.717, 1.165) is 24.3 Å². The first-order valence-electron chi connectivity index (χ1n) is 33.6. The van der Waals surface area contributed by atoms with Crippen molar-refractivity contribution in [2.24, 2.45) is 0 Å². The Bertz CT molecular complexity index is 4870. The maximum atomic E-state index is 15.4. The molecular weight excluding hydrogens is 1360 g/mol. The molecule has 4 N–H and O–H groups in total. The fourth-order valence-corrected chi connectivity index (χ4v) is 13.7. The Morgan fingerprint density at radius 1 is 0.274 bits per heavy atom. The third-order valence-electron chi connectivity index (χ3n) is 18.7. The molecule has 21 nitrogen and oxygen atoms in total. The molecule has 12 aromatic rings. The molecule has 0 unspecified atom stereocenters. The first-order chi connectivity index (χ1) is 51.7. The molecule has 1 saturated heterocycles. The lowest BCUT2D eigenvalue weighted by Crippen LogP contribution is -2.58. The summed E-state index contributed by atoms with van der Waals surface area (Å²) in [4.78, 5) is 61.0. The largest absolute Gasteiger partial charge is 0.504 e. The van der Waals surface area contributed by atoms with Crippen LogP contribution in [-0.2, 0) is 46.8 Å². The van der Waals surface area contributed by atoms with Crippen LogP contribution in [0, 0.1) is 0 Å². The molecule has 524 valence electrons. The van der Waals surface area contributed by atoms with Crippen LogP contribution in [0.1, 0.15) is 85.9 Å². The van der Waals surface area contributed by atoms with Crippen molar-refractivity contribution in [3.05, 3.63) is 358 Å². The van der Waals surface area contributed by atoms with Crippen molar-refractivity contribution in [3.8, 4) is 69.0 Å². The number of ether oxygens (including phenoxy) is 13. The third kappa shape index (κ3) is 11.3. The van der Waals surface area contributed by atoms with Crippen LogP contribution in [0.15, 0.2) is 291 Å². The summed E-state index contributed by atoms with van der Waals surface area (Å²) in [6.07, 6.45) is -8.26. The van der Waals surface area contributed by atoms with Crippen molar-refractivity contribution in [1.29, 1.82) is 0 Å². The van der Waals surface area contributed by atoms with Crippen LogP contribution in [0.4, 0.5) is 0 Å². The summed E-state index contributed by atoms with van der Waals surface area (Å²) >= 11 is 0. The lowest BCUT2D eigenvalue weighted by atomic mass is 9.97. The Morgan fingerprint density at radius 3 is 0.736 bits per heavy atom. The van der Waals surface area contributed by atoms with Gasteiger partial charge in [0.2, 0.25) is 35.4 Å². The zero-order valence-electron chi connectivity index (χ0n) is 55.5. The minimum absolute atomic E-state index is 0.0791. The van der Waals surface area contributed by atoms with Crippen molar-refractivity contribution in [2.75, 3.05) is 6.61 Å². The topological polar surface area (TPSA) is 269 Å². The van der Waals surface area contributed by atoms with Gasteiger partial charge in [-0.2, -0.15) is 0 Å². The Balaban J connectivity index is 0.754. The van der Waals surface area contributed by atoms with Crippen LogP contribution in [0.25, 0.3) is 0 Å². The summed E-state index contributed by atoms with van der Waals surface area (Å²) in [6, 6.07) is 80.5. The van der Waals surface area contributed by atoms with Gasteiger partial charge in [0, 0.05) is 44.5 Å². The number of rotatable bonds is 16. The van der Waals surface area contributed by atoms with Gasteiger partial charge in [0.15, 0.2) is 58.2 Å². The van der Waals surface area contributed by atoms with Crippen molar-refractivity contribution in [3.63, 3.8) is 0 Å². The molecule has 0 saturated carbocycles. The highest BCUT2D eigenvalue weighted by Gasteiger charge is 2.54. The van der Waals surface area contributed by atoms with Crippen molar-refractivity contribution < 1.29 is 101 Å². The Hall–Kier alpha value is -13.9. The third-order valence-corrected chi connectivity index (χ3v) is 18.7. The Kier molecular flexibility index (Phi) is 16.1. The number of carbonyl (C=O) groups is 4. The summed E-state index contributed by atoms with van der Waals surface area (Å²) < 4.78 is 84.2. The number of esters is 4. The van der Waals surface area contributed by atoms with Crippen LogP contribution in [0.3, 0.4) is 0 Å². The molecule has 21 heteroatoms. The molecule has 5 aliphatic heterocycles. The zero-order chi connectivity index (χ0) is 72.3. The number of aromatic hydroxyl groups is 4. The second-order valence-corrected chi connectivity index (χ2v) is 25.3.